The fraction of sp³-hybridized carbons (Fsp3) is 0.733. The lowest BCUT2D eigenvalue weighted by atomic mass is 10.1. The molecule has 0 aromatic carbocycles. The molecule has 0 radical (unpaired) electrons. The molecule has 2 aliphatic heterocycles. The zero-order valence-corrected chi connectivity index (χ0v) is 12.7. The summed E-state index contributed by atoms with van der Waals surface area (Å²) < 4.78 is 10.8. The summed E-state index contributed by atoms with van der Waals surface area (Å²) in [4.78, 5) is 16.8. The number of carbonyl (C=O) groups excluding carboxylic acids is 1. The van der Waals surface area contributed by atoms with E-state index in [4.69, 9.17) is 9.26 Å². The van der Waals surface area contributed by atoms with Crippen molar-refractivity contribution in [2.45, 2.75) is 44.9 Å². The number of rotatable bonds is 4. The molecule has 0 spiro atoms. The van der Waals surface area contributed by atoms with Crippen molar-refractivity contribution in [1.29, 1.82) is 0 Å². The van der Waals surface area contributed by atoms with Gasteiger partial charge in [-0.1, -0.05) is 5.16 Å². The fourth-order valence-corrected chi connectivity index (χ4v) is 3.30. The smallest absolute Gasteiger partial charge is 0.240 e. The first-order valence-electron chi connectivity index (χ1n) is 7.65. The zero-order chi connectivity index (χ0) is 14.8. The number of aryl methyl sites for hydroxylation is 1. The Labute approximate surface area is 125 Å². The number of aromatic nitrogens is 1. The summed E-state index contributed by atoms with van der Waals surface area (Å²) in [5.74, 6) is 1.05. The van der Waals surface area contributed by atoms with Gasteiger partial charge in [-0.05, 0) is 26.2 Å². The summed E-state index contributed by atoms with van der Waals surface area (Å²) in [6, 6.07) is 1.83. The first-order valence-corrected chi connectivity index (χ1v) is 7.65. The second-order valence-electron chi connectivity index (χ2n) is 6.01. The molecule has 0 aliphatic carbocycles. The van der Waals surface area contributed by atoms with E-state index in [2.05, 4.69) is 10.1 Å². The van der Waals surface area contributed by atoms with E-state index in [0.29, 0.717) is 6.54 Å². The molecule has 21 heavy (non-hydrogen) atoms. The van der Waals surface area contributed by atoms with Crippen molar-refractivity contribution in [3.63, 3.8) is 0 Å². The summed E-state index contributed by atoms with van der Waals surface area (Å²) >= 11 is 0. The van der Waals surface area contributed by atoms with Crippen molar-refractivity contribution in [2.24, 2.45) is 0 Å². The van der Waals surface area contributed by atoms with E-state index >= 15 is 0 Å². The van der Waals surface area contributed by atoms with Crippen LogP contribution in [0, 0.1) is 6.92 Å². The van der Waals surface area contributed by atoms with E-state index in [1.165, 1.54) is 0 Å². The normalized spacial score (nSPS) is 26.7. The van der Waals surface area contributed by atoms with Gasteiger partial charge in [-0.25, -0.2) is 0 Å². The van der Waals surface area contributed by atoms with E-state index < -0.39 is 0 Å². The monoisotopic (exact) mass is 293 g/mol. The van der Waals surface area contributed by atoms with Gasteiger partial charge in [0.2, 0.25) is 5.91 Å². The maximum absolute atomic E-state index is 12.7. The van der Waals surface area contributed by atoms with Crippen LogP contribution in [-0.4, -0.2) is 59.8 Å². The molecule has 1 aromatic rings. The third kappa shape index (κ3) is 3.11. The van der Waals surface area contributed by atoms with Gasteiger partial charge in [-0.15, -0.1) is 0 Å². The van der Waals surface area contributed by atoms with Gasteiger partial charge in [-0.3, -0.25) is 9.69 Å². The minimum Gasteiger partial charge on any atom is -0.380 e. The topological polar surface area (TPSA) is 58.8 Å². The first kappa shape index (κ1) is 14.5. The molecular formula is C15H23N3O3. The van der Waals surface area contributed by atoms with Gasteiger partial charge >= 0.3 is 0 Å². The molecule has 2 fully saturated rings. The van der Waals surface area contributed by atoms with Gasteiger partial charge in [0.05, 0.1) is 24.4 Å². The van der Waals surface area contributed by atoms with Crippen LogP contribution in [0.3, 0.4) is 0 Å². The van der Waals surface area contributed by atoms with Crippen molar-refractivity contribution >= 4 is 5.91 Å². The van der Waals surface area contributed by atoms with E-state index in [1.807, 2.05) is 17.9 Å². The number of ether oxygens (including phenoxy) is 1. The lowest BCUT2D eigenvalue weighted by Crippen LogP contribution is -2.44. The molecule has 1 amide bonds. The molecule has 2 atom stereocenters. The van der Waals surface area contributed by atoms with Crippen LogP contribution < -0.4 is 0 Å². The molecule has 2 saturated heterocycles. The average molecular weight is 293 g/mol. The van der Waals surface area contributed by atoms with E-state index in [1.54, 1.807) is 7.11 Å². The van der Waals surface area contributed by atoms with Crippen LogP contribution in [0.1, 0.15) is 30.7 Å². The molecule has 3 rings (SSSR count). The van der Waals surface area contributed by atoms with Crippen LogP contribution >= 0.6 is 0 Å². The Hall–Kier alpha value is -1.40. The van der Waals surface area contributed by atoms with Crippen LogP contribution in [0.5, 0.6) is 0 Å². The number of likely N-dealkylation sites (tertiary alicyclic amines) is 2. The van der Waals surface area contributed by atoms with Gasteiger partial charge in [0.25, 0.3) is 0 Å². The number of carbonyl (C=O) groups is 1. The lowest BCUT2D eigenvalue weighted by molar-refractivity contribution is -0.135. The Balaban J connectivity index is 1.70. The third-order valence-electron chi connectivity index (χ3n) is 4.44. The summed E-state index contributed by atoms with van der Waals surface area (Å²) in [6.07, 6.45) is 3.12. The highest BCUT2D eigenvalue weighted by molar-refractivity contribution is 5.82. The summed E-state index contributed by atoms with van der Waals surface area (Å²) in [6.45, 7) is 5.07. The number of hydrogen-bond acceptors (Lipinski definition) is 5. The van der Waals surface area contributed by atoms with Crippen LogP contribution in [0.25, 0.3) is 0 Å². The molecule has 0 saturated carbocycles. The van der Waals surface area contributed by atoms with Gasteiger partial charge in [0.15, 0.2) is 5.76 Å². The highest BCUT2D eigenvalue weighted by atomic mass is 16.5. The second-order valence-corrected chi connectivity index (χ2v) is 6.01. The lowest BCUT2D eigenvalue weighted by Gasteiger charge is -2.26. The van der Waals surface area contributed by atoms with E-state index in [-0.39, 0.29) is 18.1 Å². The minimum absolute atomic E-state index is 0.0987. The highest BCUT2D eigenvalue weighted by Crippen LogP contribution is 2.25. The number of hydrogen-bond donors (Lipinski definition) is 0. The fourth-order valence-electron chi connectivity index (χ4n) is 3.30. The standard InChI is InChI=1S/C15H23N3O3/c1-11-7-13(21-16-11)10-18-9-12(20-2)8-14(18)15(19)17-5-3-4-6-17/h7,12,14H,3-6,8-10H2,1-2H3/t12-,14-/m0/s1. The van der Waals surface area contributed by atoms with Gasteiger partial charge in [0, 0.05) is 32.8 Å². The van der Waals surface area contributed by atoms with Gasteiger partial charge < -0.3 is 14.2 Å². The SMILES string of the molecule is CO[C@H]1C[C@@H](C(=O)N2CCCC2)N(Cc2cc(C)no2)C1. The summed E-state index contributed by atoms with van der Waals surface area (Å²) in [5.41, 5.74) is 0.870. The Bertz CT molecular complexity index is 496. The highest BCUT2D eigenvalue weighted by Gasteiger charge is 2.39. The predicted octanol–water partition coefficient (Wildman–Crippen LogP) is 1.19. The first-order chi connectivity index (χ1) is 10.2. The van der Waals surface area contributed by atoms with E-state index in [0.717, 1.165) is 50.4 Å². The third-order valence-corrected chi connectivity index (χ3v) is 4.44. The molecular weight excluding hydrogens is 270 g/mol. The molecule has 116 valence electrons. The number of methoxy groups -OCH3 is 1. The Morgan fingerprint density at radius 2 is 2.24 bits per heavy atom. The Morgan fingerprint density at radius 3 is 2.86 bits per heavy atom. The number of nitrogens with zero attached hydrogens (tertiary/aromatic N) is 3. The summed E-state index contributed by atoms with van der Waals surface area (Å²) in [5, 5.41) is 3.92. The largest absolute Gasteiger partial charge is 0.380 e. The van der Waals surface area contributed by atoms with Crippen LogP contribution in [0.4, 0.5) is 0 Å². The molecule has 2 aliphatic rings. The molecule has 6 heteroatoms. The maximum atomic E-state index is 12.7. The van der Waals surface area contributed by atoms with Crippen molar-refractivity contribution in [1.82, 2.24) is 15.0 Å². The van der Waals surface area contributed by atoms with E-state index in [9.17, 15) is 4.79 Å². The van der Waals surface area contributed by atoms with Crippen LogP contribution in [0.2, 0.25) is 0 Å². The quantitative estimate of drug-likeness (QED) is 0.834. The summed E-state index contributed by atoms with van der Waals surface area (Å²) in [7, 11) is 1.71. The molecule has 0 unspecified atom stereocenters. The second kappa shape index (κ2) is 6.15. The molecule has 6 nitrogen and oxygen atoms in total. The zero-order valence-electron chi connectivity index (χ0n) is 12.7. The molecule has 0 bridgehead atoms. The molecule has 0 N–H and O–H groups in total. The average Bonchev–Trinajstić information content (AvgIpc) is 3.19. The van der Waals surface area contributed by atoms with Crippen LogP contribution in [0.15, 0.2) is 10.6 Å². The number of amides is 1. The molecule has 3 heterocycles. The van der Waals surface area contributed by atoms with Gasteiger partial charge in [0.1, 0.15) is 0 Å². The Kier molecular flexibility index (Phi) is 4.26. The van der Waals surface area contributed by atoms with Crippen molar-refractivity contribution in [3.8, 4) is 0 Å². The van der Waals surface area contributed by atoms with Gasteiger partial charge in [-0.2, -0.15) is 0 Å². The minimum atomic E-state index is -0.0987. The van der Waals surface area contributed by atoms with Crippen LogP contribution in [-0.2, 0) is 16.1 Å². The molecule has 1 aromatic heterocycles. The van der Waals surface area contributed by atoms with Crippen molar-refractivity contribution < 1.29 is 14.1 Å². The maximum Gasteiger partial charge on any atom is 0.240 e. The predicted molar refractivity (Wildman–Crippen MR) is 76.7 cm³/mol. The Morgan fingerprint density at radius 1 is 1.48 bits per heavy atom. The van der Waals surface area contributed by atoms with Crippen molar-refractivity contribution in [2.75, 3.05) is 26.7 Å². The van der Waals surface area contributed by atoms with Crippen molar-refractivity contribution in [3.05, 3.63) is 17.5 Å².